The number of rotatable bonds is 8. The van der Waals surface area contributed by atoms with Crippen molar-refractivity contribution in [2.24, 2.45) is 5.92 Å². The minimum absolute atomic E-state index is 0.0104. The van der Waals surface area contributed by atoms with Gasteiger partial charge in [0.2, 0.25) is 11.8 Å². The van der Waals surface area contributed by atoms with Crippen LogP contribution >= 0.6 is 0 Å². The van der Waals surface area contributed by atoms with Crippen molar-refractivity contribution >= 4 is 17.8 Å². The molecule has 2 aromatic heterocycles. The molecular weight excluding hydrogens is 410 g/mol. The second kappa shape index (κ2) is 10.5. The van der Waals surface area contributed by atoms with E-state index in [9.17, 15) is 14.4 Å². The number of carbonyl (C=O) groups excluding carboxylic acids is 3. The molecule has 1 fully saturated rings. The van der Waals surface area contributed by atoms with E-state index >= 15 is 0 Å². The van der Waals surface area contributed by atoms with E-state index in [1.165, 1.54) is 0 Å². The Morgan fingerprint density at radius 2 is 1.91 bits per heavy atom. The van der Waals surface area contributed by atoms with Crippen molar-refractivity contribution in [3.63, 3.8) is 0 Å². The molecule has 0 saturated carbocycles. The predicted octanol–water partition coefficient (Wildman–Crippen LogP) is 3.20. The summed E-state index contributed by atoms with van der Waals surface area (Å²) in [5.74, 6) is 1.20. The monoisotopic (exact) mass is 443 g/mol. The number of nitrogens with one attached hydrogen (secondary N) is 2. The van der Waals surface area contributed by atoms with Crippen molar-refractivity contribution in [1.29, 1.82) is 0 Å². The van der Waals surface area contributed by atoms with Gasteiger partial charge in [-0.05, 0) is 70.2 Å². The fourth-order valence-corrected chi connectivity index (χ4v) is 4.25. The summed E-state index contributed by atoms with van der Waals surface area (Å²) in [4.78, 5) is 42.2. The molecule has 2 amide bonds. The first-order chi connectivity index (χ1) is 15.3. The van der Waals surface area contributed by atoms with E-state index in [0.717, 1.165) is 28.3 Å². The van der Waals surface area contributed by atoms with Gasteiger partial charge in [0.15, 0.2) is 0 Å². The van der Waals surface area contributed by atoms with Crippen molar-refractivity contribution in [3.05, 3.63) is 46.2 Å². The van der Waals surface area contributed by atoms with Crippen molar-refractivity contribution in [2.75, 3.05) is 19.7 Å². The molecule has 2 N–H and O–H groups in total. The lowest BCUT2D eigenvalue weighted by Crippen LogP contribution is -2.43. The van der Waals surface area contributed by atoms with E-state index in [4.69, 9.17) is 9.15 Å². The first kappa shape index (κ1) is 23.6. The lowest BCUT2D eigenvalue weighted by atomic mass is 9.95. The fourth-order valence-electron chi connectivity index (χ4n) is 4.25. The van der Waals surface area contributed by atoms with E-state index in [1.807, 2.05) is 37.8 Å². The highest BCUT2D eigenvalue weighted by molar-refractivity contribution is 5.90. The number of amides is 2. The third-order valence-corrected chi connectivity index (χ3v) is 6.11. The number of esters is 1. The van der Waals surface area contributed by atoms with Crippen LogP contribution in [0.25, 0.3) is 0 Å². The van der Waals surface area contributed by atoms with Gasteiger partial charge in [-0.3, -0.25) is 9.59 Å². The van der Waals surface area contributed by atoms with Crippen LogP contribution in [0, 0.1) is 26.7 Å². The Bertz CT molecular complexity index is 966. The number of nitrogens with zero attached hydrogens (tertiary/aromatic N) is 1. The van der Waals surface area contributed by atoms with Crippen LogP contribution in [0.5, 0.6) is 0 Å². The number of ether oxygens (including phenoxy) is 1. The normalized spacial score (nSPS) is 14.4. The fraction of sp³-hybridized carbons (Fsp3) is 0.542. The topological polar surface area (TPSA) is 105 Å². The predicted molar refractivity (Wildman–Crippen MR) is 119 cm³/mol. The van der Waals surface area contributed by atoms with Crippen LogP contribution in [0.3, 0.4) is 0 Å². The van der Waals surface area contributed by atoms with Gasteiger partial charge in [0.25, 0.3) is 0 Å². The van der Waals surface area contributed by atoms with Gasteiger partial charge < -0.3 is 24.4 Å². The molecule has 3 heterocycles. The number of furan rings is 1. The first-order valence-electron chi connectivity index (χ1n) is 11.3. The van der Waals surface area contributed by atoms with Gasteiger partial charge in [0.1, 0.15) is 17.2 Å². The summed E-state index contributed by atoms with van der Waals surface area (Å²) in [7, 11) is 0. The van der Waals surface area contributed by atoms with Gasteiger partial charge in [-0.25, -0.2) is 4.79 Å². The molecule has 32 heavy (non-hydrogen) atoms. The van der Waals surface area contributed by atoms with Crippen molar-refractivity contribution < 1.29 is 23.5 Å². The summed E-state index contributed by atoms with van der Waals surface area (Å²) in [6.45, 7) is 9.29. The standard InChI is InChI=1S/C24H33N3O5/c1-5-31-24(30)22-16(3)20(17(4)26-22)8-9-21(28)27-12-10-18(11-13-27)23(29)25-14-19-7-6-15(2)32-19/h6-7,18,26H,5,8-14H2,1-4H3,(H,25,29). The van der Waals surface area contributed by atoms with Crippen molar-refractivity contribution in [1.82, 2.24) is 15.2 Å². The SMILES string of the molecule is CCOC(=O)c1[nH]c(C)c(CCC(=O)N2CCC(C(=O)NCc3ccc(C)o3)CC2)c1C. The second-order valence-corrected chi connectivity index (χ2v) is 8.33. The zero-order valence-electron chi connectivity index (χ0n) is 19.4. The third-order valence-electron chi connectivity index (χ3n) is 6.11. The maximum absolute atomic E-state index is 12.7. The highest BCUT2D eigenvalue weighted by Crippen LogP contribution is 2.22. The summed E-state index contributed by atoms with van der Waals surface area (Å²) < 4.78 is 10.6. The number of H-pyrrole nitrogens is 1. The van der Waals surface area contributed by atoms with E-state index in [-0.39, 0.29) is 23.7 Å². The summed E-state index contributed by atoms with van der Waals surface area (Å²) >= 11 is 0. The number of hydrogen-bond acceptors (Lipinski definition) is 5. The molecule has 1 aliphatic heterocycles. The zero-order chi connectivity index (χ0) is 23.3. The van der Waals surface area contributed by atoms with Crippen LogP contribution in [-0.2, 0) is 27.3 Å². The van der Waals surface area contributed by atoms with Crippen LogP contribution in [0.4, 0.5) is 0 Å². The zero-order valence-corrected chi connectivity index (χ0v) is 19.4. The number of carbonyl (C=O) groups is 3. The van der Waals surface area contributed by atoms with Gasteiger partial charge in [-0.15, -0.1) is 0 Å². The maximum Gasteiger partial charge on any atom is 0.355 e. The van der Waals surface area contributed by atoms with Crippen LogP contribution in [0.2, 0.25) is 0 Å². The molecule has 0 unspecified atom stereocenters. The quantitative estimate of drug-likeness (QED) is 0.610. The first-order valence-corrected chi connectivity index (χ1v) is 11.3. The summed E-state index contributed by atoms with van der Waals surface area (Å²) in [5, 5.41) is 2.93. The number of aryl methyl sites for hydroxylation is 2. The second-order valence-electron chi connectivity index (χ2n) is 8.33. The van der Waals surface area contributed by atoms with E-state index in [2.05, 4.69) is 10.3 Å². The van der Waals surface area contributed by atoms with Crippen LogP contribution in [0.1, 0.15) is 65.0 Å². The van der Waals surface area contributed by atoms with Crippen LogP contribution in [-0.4, -0.2) is 47.4 Å². The Kier molecular flexibility index (Phi) is 7.77. The molecule has 8 heteroatoms. The van der Waals surface area contributed by atoms with E-state index < -0.39 is 0 Å². The molecular formula is C24H33N3O5. The molecule has 0 aliphatic carbocycles. The Labute approximate surface area is 188 Å². The van der Waals surface area contributed by atoms with E-state index in [1.54, 1.807) is 6.92 Å². The van der Waals surface area contributed by atoms with Crippen LogP contribution in [0.15, 0.2) is 16.5 Å². The molecule has 174 valence electrons. The smallest absolute Gasteiger partial charge is 0.355 e. The summed E-state index contributed by atoms with van der Waals surface area (Å²) in [5.41, 5.74) is 3.18. The molecule has 8 nitrogen and oxygen atoms in total. The number of hydrogen-bond donors (Lipinski definition) is 2. The summed E-state index contributed by atoms with van der Waals surface area (Å²) in [6.07, 6.45) is 2.25. The number of likely N-dealkylation sites (tertiary alicyclic amines) is 1. The largest absolute Gasteiger partial charge is 0.465 e. The number of piperidine rings is 1. The van der Waals surface area contributed by atoms with Gasteiger partial charge in [-0.1, -0.05) is 0 Å². The highest BCUT2D eigenvalue weighted by atomic mass is 16.5. The van der Waals surface area contributed by atoms with E-state index in [0.29, 0.717) is 57.6 Å². The van der Waals surface area contributed by atoms with Crippen molar-refractivity contribution in [2.45, 2.75) is 59.9 Å². The third kappa shape index (κ3) is 5.60. The van der Waals surface area contributed by atoms with Gasteiger partial charge in [-0.2, -0.15) is 0 Å². The molecule has 0 aromatic carbocycles. The maximum atomic E-state index is 12.7. The van der Waals surface area contributed by atoms with Gasteiger partial charge >= 0.3 is 5.97 Å². The molecule has 0 radical (unpaired) electrons. The lowest BCUT2D eigenvalue weighted by molar-refractivity contribution is -0.135. The van der Waals surface area contributed by atoms with Gasteiger partial charge in [0.05, 0.1) is 13.2 Å². The Morgan fingerprint density at radius 1 is 1.19 bits per heavy atom. The number of aromatic nitrogens is 1. The Morgan fingerprint density at radius 3 is 2.53 bits per heavy atom. The molecule has 0 atom stereocenters. The number of aromatic amines is 1. The molecule has 2 aromatic rings. The summed E-state index contributed by atoms with van der Waals surface area (Å²) in [6, 6.07) is 3.74. The van der Waals surface area contributed by atoms with Gasteiger partial charge in [0, 0.05) is 31.1 Å². The van der Waals surface area contributed by atoms with Crippen LogP contribution < -0.4 is 5.32 Å². The molecule has 1 aliphatic rings. The molecule has 0 bridgehead atoms. The Balaban J connectivity index is 1.45. The molecule has 3 rings (SSSR count). The lowest BCUT2D eigenvalue weighted by Gasteiger charge is -2.31. The highest BCUT2D eigenvalue weighted by Gasteiger charge is 2.27. The van der Waals surface area contributed by atoms with Crippen molar-refractivity contribution in [3.8, 4) is 0 Å². The average molecular weight is 444 g/mol. The molecule has 1 saturated heterocycles. The minimum Gasteiger partial charge on any atom is -0.465 e. The minimum atomic E-state index is -0.367. The molecule has 0 spiro atoms. The average Bonchev–Trinajstić information content (AvgIpc) is 3.32. The Hall–Kier alpha value is -3.03.